The Morgan fingerprint density at radius 2 is 2.00 bits per heavy atom. The van der Waals surface area contributed by atoms with Crippen molar-refractivity contribution >= 4 is 14.4 Å². The molecule has 0 aliphatic rings. The maximum absolute atomic E-state index is 5.58. The molecule has 0 bridgehead atoms. The van der Waals surface area contributed by atoms with Gasteiger partial charge in [-0.2, -0.15) is 0 Å². The number of rotatable bonds is 5. The summed E-state index contributed by atoms with van der Waals surface area (Å²) in [6.07, 6.45) is 1.89. The van der Waals surface area contributed by atoms with E-state index in [4.69, 9.17) is 4.43 Å². The highest BCUT2D eigenvalue weighted by Crippen LogP contribution is 2.18. The summed E-state index contributed by atoms with van der Waals surface area (Å²) in [4.78, 5) is 0. The Morgan fingerprint density at radius 3 is 2.53 bits per heavy atom. The van der Waals surface area contributed by atoms with Crippen LogP contribution in [0.2, 0.25) is 6.55 Å². The second-order valence-corrected chi connectivity index (χ2v) is 7.60. The lowest BCUT2D eigenvalue weighted by molar-refractivity contribution is 0.408. The van der Waals surface area contributed by atoms with Crippen LogP contribution in [0.5, 0.6) is 0 Å². The summed E-state index contributed by atoms with van der Waals surface area (Å²) < 4.78 is 5.58. The first-order valence-electron chi connectivity index (χ1n) is 5.04. The maximum atomic E-state index is 5.58. The van der Waals surface area contributed by atoms with Crippen molar-refractivity contribution in [2.75, 3.05) is 7.11 Å². The van der Waals surface area contributed by atoms with E-state index in [1.165, 1.54) is 11.1 Å². The summed E-state index contributed by atoms with van der Waals surface area (Å²) in [6.45, 7) is 9.85. The van der Waals surface area contributed by atoms with Gasteiger partial charge in [0.1, 0.15) is 0 Å². The Kier molecular flexibility index (Phi) is 4.06. The van der Waals surface area contributed by atoms with Crippen LogP contribution >= 0.6 is 0 Å². The fourth-order valence-electron chi connectivity index (χ4n) is 1.50. The van der Waals surface area contributed by atoms with Gasteiger partial charge in [0, 0.05) is 7.11 Å². The van der Waals surface area contributed by atoms with Crippen LogP contribution in [0.1, 0.15) is 11.1 Å². The second kappa shape index (κ2) is 5.10. The van der Waals surface area contributed by atoms with Gasteiger partial charge in [0.05, 0.1) is 0 Å². The van der Waals surface area contributed by atoms with Crippen molar-refractivity contribution in [1.82, 2.24) is 0 Å². The Morgan fingerprint density at radius 1 is 1.33 bits per heavy atom. The van der Waals surface area contributed by atoms with Crippen LogP contribution in [0.15, 0.2) is 43.1 Å². The average molecular weight is 218 g/mol. The highest BCUT2D eigenvalue weighted by molar-refractivity contribution is 6.76. The molecule has 0 spiro atoms. The summed E-state index contributed by atoms with van der Waals surface area (Å²) in [5.41, 5.74) is 4.46. The second-order valence-electron chi connectivity index (χ2n) is 3.80. The van der Waals surface area contributed by atoms with Gasteiger partial charge >= 0.3 is 0 Å². The highest BCUT2D eigenvalue weighted by atomic mass is 28.4. The third-order valence-electron chi connectivity index (χ3n) is 2.71. The van der Waals surface area contributed by atoms with E-state index >= 15 is 0 Å². The Balaban J connectivity index is 2.97. The summed E-state index contributed by atoms with van der Waals surface area (Å²) in [6, 6.07) is 9.24. The van der Waals surface area contributed by atoms with Gasteiger partial charge in [0.2, 0.25) is 8.32 Å². The molecule has 0 amide bonds. The molecule has 1 atom stereocenters. The van der Waals surface area contributed by atoms with Crippen molar-refractivity contribution in [3.05, 3.63) is 54.2 Å². The number of hydrogen-bond acceptors (Lipinski definition) is 1. The van der Waals surface area contributed by atoms with Crippen molar-refractivity contribution in [2.45, 2.75) is 12.6 Å². The normalized spacial score (nSPS) is 14.3. The van der Waals surface area contributed by atoms with E-state index in [0.717, 1.165) is 6.04 Å². The van der Waals surface area contributed by atoms with Crippen molar-refractivity contribution in [1.29, 1.82) is 0 Å². The molecular weight excluding hydrogens is 200 g/mol. The largest absolute Gasteiger partial charge is 0.416 e. The molecule has 0 aliphatic carbocycles. The van der Waals surface area contributed by atoms with E-state index in [0.29, 0.717) is 0 Å². The van der Waals surface area contributed by atoms with Crippen LogP contribution in [0.3, 0.4) is 0 Å². The molecule has 2 heteroatoms. The van der Waals surface area contributed by atoms with Gasteiger partial charge in [0.15, 0.2) is 0 Å². The van der Waals surface area contributed by atoms with Gasteiger partial charge in [-0.1, -0.05) is 42.6 Å². The van der Waals surface area contributed by atoms with Gasteiger partial charge < -0.3 is 4.43 Å². The molecular formula is C13H18OSi. The van der Waals surface area contributed by atoms with Crippen molar-refractivity contribution in [3.8, 4) is 0 Å². The van der Waals surface area contributed by atoms with E-state index in [2.05, 4.69) is 37.9 Å². The van der Waals surface area contributed by atoms with E-state index < -0.39 is 8.32 Å². The number of benzene rings is 1. The van der Waals surface area contributed by atoms with Crippen molar-refractivity contribution in [3.63, 3.8) is 0 Å². The van der Waals surface area contributed by atoms with Gasteiger partial charge in [-0.25, -0.2) is 0 Å². The average Bonchev–Trinajstić information content (AvgIpc) is 2.29. The van der Waals surface area contributed by atoms with Gasteiger partial charge in [-0.05, 0) is 23.7 Å². The summed E-state index contributed by atoms with van der Waals surface area (Å²) in [5, 5.41) is 0. The lowest BCUT2D eigenvalue weighted by atomic mass is 10.1. The Labute approximate surface area is 93.2 Å². The van der Waals surface area contributed by atoms with Gasteiger partial charge in [-0.15, -0.1) is 6.58 Å². The minimum Gasteiger partial charge on any atom is -0.416 e. The zero-order valence-corrected chi connectivity index (χ0v) is 10.5. The summed E-state index contributed by atoms with van der Waals surface area (Å²) >= 11 is 0. The molecule has 1 aromatic carbocycles. The summed E-state index contributed by atoms with van der Waals surface area (Å²) in [7, 11) is -0.00143. The van der Waals surface area contributed by atoms with Crippen LogP contribution < -0.4 is 0 Å². The minimum absolute atomic E-state index is 0.954. The van der Waals surface area contributed by atoms with E-state index in [-0.39, 0.29) is 0 Å². The molecule has 0 saturated heterocycles. The van der Waals surface area contributed by atoms with Crippen LogP contribution in [0.25, 0.3) is 6.08 Å². The number of hydrogen-bond donors (Lipinski definition) is 0. The summed E-state index contributed by atoms with van der Waals surface area (Å²) in [5.74, 6) is 0. The zero-order chi connectivity index (χ0) is 11.3. The molecule has 0 aliphatic heterocycles. The highest BCUT2D eigenvalue weighted by Gasteiger charge is 2.24. The van der Waals surface area contributed by atoms with Crippen LogP contribution in [-0.2, 0) is 10.5 Å². The fraction of sp³-hybridized carbons (Fsp3) is 0.231. The SMILES string of the molecule is C=Cc1ccccc1C[Si](C)(C=C)OC. The lowest BCUT2D eigenvalue weighted by Gasteiger charge is -2.21. The third-order valence-corrected chi connectivity index (χ3v) is 5.59. The fourth-order valence-corrected chi connectivity index (χ4v) is 3.03. The Bertz CT molecular complexity index is 359. The lowest BCUT2D eigenvalue weighted by Crippen LogP contribution is -2.34. The Hall–Kier alpha value is -1.12. The van der Waals surface area contributed by atoms with E-state index in [1.807, 2.05) is 17.8 Å². The smallest absolute Gasteiger partial charge is 0.217 e. The zero-order valence-electron chi connectivity index (χ0n) is 9.49. The van der Waals surface area contributed by atoms with Gasteiger partial charge in [-0.3, -0.25) is 0 Å². The molecule has 0 saturated carbocycles. The minimum atomic E-state index is -1.77. The van der Waals surface area contributed by atoms with E-state index in [1.54, 1.807) is 7.11 Å². The molecule has 15 heavy (non-hydrogen) atoms. The molecule has 1 rings (SSSR count). The van der Waals surface area contributed by atoms with Crippen molar-refractivity contribution in [2.24, 2.45) is 0 Å². The van der Waals surface area contributed by atoms with Gasteiger partial charge in [0.25, 0.3) is 0 Å². The quantitative estimate of drug-likeness (QED) is 0.689. The molecule has 1 unspecified atom stereocenters. The first-order valence-corrected chi connectivity index (χ1v) is 7.73. The predicted molar refractivity (Wildman–Crippen MR) is 69.1 cm³/mol. The molecule has 80 valence electrons. The molecule has 1 aromatic rings. The first kappa shape index (κ1) is 11.9. The monoisotopic (exact) mass is 218 g/mol. The van der Waals surface area contributed by atoms with E-state index in [9.17, 15) is 0 Å². The molecule has 0 aromatic heterocycles. The first-order chi connectivity index (χ1) is 7.15. The topological polar surface area (TPSA) is 9.23 Å². The molecule has 0 N–H and O–H groups in total. The van der Waals surface area contributed by atoms with Crippen LogP contribution in [0, 0.1) is 0 Å². The molecule has 0 radical (unpaired) electrons. The molecule has 1 nitrogen and oxygen atoms in total. The molecule has 0 heterocycles. The standard InChI is InChI=1S/C13H18OSi/c1-5-12-9-7-8-10-13(12)11-15(4,6-2)14-3/h5-10H,1-2,11H2,3-4H3. The molecule has 0 fully saturated rings. The van der Waals surface area contributed by atoms with Crippen LogP contribution in [-0.4, -0.2) is 15.4 Å². The third kappa shape index (κ3) is 2.91. The predicted octanol–water partition coefficient (Wildman–Crippen LogP) is 3.36. The maximum Gasteiger partial charge on any atom is 0.217 e. The van der Waals surface area contributed by atoms with Crippen LogP contribution in [0.4, 0.5) is 0 Å². The van der Waals surface area contributed by atoms with Crippen molar-refractivity contribution < 1.29 is 4.43 Å².